The lowest BCUT2D eigenvalue weighted by atomic mass is 10.0. The number of nitrogens with zero attached hydrogens (tertiary/aromatic N) is 1. The van der Waals surface area contributed by atoms with E-state index in [-0.39, 0.29) is 11.9 Å². The Kier molecular flexibility index (Phi) is 5.16. The van der Waals surface area contributed by atoms with Gasteiger partial charge in [0.05, 0.1) is 10.7 Å². The third kappa shape index (κ3) is 4.50. The zero-order valence-electron chi connectivity index (χ0n) is 13.2. The van der Waals surface area contributed by atoms with Crippen molar-refractivity contribution >= 4 is 23.4 Å². The van der Waals surface area contributed by atoms with Gasteiger partial charge in [-0.05, 0) is 45.7 Å². The number of hydrogen-bond donors (Lipinski definition) is 1. The lowest BCUT2D eigenvalue weighted by Gasteiger charge is -2.34. The number of hydrogen-bond acceptors (Lipinski definition) is 3. The zero-order chi connectivity index (χ0) is 16.3. The van der Waals surface area contributed by atoms with Gasteiger partial charge in [-0.3, -0.25) is 0 Å². The fraction of sp³-hybridized carbons (Fsp3) is 0.562. The van der Waals surface area contributed by atoms with Crippen molar-refractivity contribution in [2.24, 2.45) is 0 Å². The monoisotopic (exact) mass is 328 g/mol. The first kappa shape index (κ1) is 16.9. The molecule has 0 saturated carbocycles. The van der Waals surface area contributed by atoms with E-state index in [0.29, 0.717) is 23.8 Å². The molecule has 6 heteroatoms. The summed E-state index contributed by atoms with van der Waals surface area (Å²) in [6, 6.07) is 4.73. The number of nitrogens with one attached hydrogen (secondary N) is 1. The fourth-order valence-corrected chi connectivity index (χ4v) is 2.80. The van der Waals surface area contributed by atoms with E-state index in [1.807, 2.05) is 25.7 Å². The van der Waals surface area contributed by atoms with E-state index in [1.54, 1.807) is 12.1 Å². The van der Waals surface area contributed by atoms with E-state index in [9.17, 15) is 9.18 Å². The largest absolute Gasteiger partial charge is 0.444 e. The summed E-state index contributed by atoms with van der Waals surface area (Å²) in [7, 11) is 0. The molecule has 0 unspecified atom stereocenters. The van der Waals surface area contributed by atoms with Gasteiger partial charge in [-0.1, -0.05) is 17.7 Å². The van der Waals surface area contributed by atoms with Gasteiger partial charge < -0.3 is 15.0 Å². The van der Waals surface area contributed by atoms with Gasteiger partial charge >= 0.3 is 6.09 Å². The maximum Gasteiger partial charge on any atom is 0.407 e. The van der Waals surface area contributed by atoms with E-state index in [4.69, 9.17) is 16.3 Å². The van der Waals surface area contributed by atoms with E-state index in [1.165, 1.54) is 6.07 Å². The molecule has 0 spiro atoms. The fourth-order valence-electron chi connectivity index (χ4n) is 2.51. The normalized spacial score (nSPS) is 16.5. The molecule has 1 aliphatic rings. The third-order valence-corrected chi connectivity index (χ3v) is 3.77. The predicted molar refractivity (Wildman–Crippen MR) is 86.0 cm³/mol. The Morgan fingerprint density at radius 2 is 2.00 bits per heavy atom. The number of alkyl carbamates (subject to hydrolysis) is 1. The molecule has 4 nitrogen and oxygen atoms in total. The van der Waals surface area contributed by atoms with Crippen LogP contribution in [0.3, 0.4) is 0 Å². The Hall–Kier alpha value is -1.49. The van der Waals surface area contributed by atoms with Gasteiger partial charge in [0.25, 0.3) is 0 Å². The van der Waals surface area contributed by atoms with Crippen molar-refractivity contribution in [3.05, 3.63) is 29.0 Å². The molecule has 1 aromatic rings. The lowest BCUT2D eigenvalue weighted by Crippen LogP contribution is -2.46. The molecule has 1 aliphatic heterocycles. The van der Waals surface area contributed by atoms with Crippen LogP contribution in [0.25, 0.3) is 0 Å². The SMILES string of the molecule is CC(C)(C)OC(=O)NC1CCN(c2c(F)cccc2Cl)CC1. The molecule has 0 aliphatic carbocycles. The first-order chi connectivity index (χ1) is 10.3. The average molecular weight is 329 g/mol. The van der Waals surface area contributed by atoms with Gasteiger partial charge in [0, 0.05) is 19.1 Å². The number of amides is 1. The molecule has 1 aromatic carbocycles. The van der Waals surface area contributed by atoms with Gasteiger partial charge in [0.1, 0.15) is 11.4 Å². The van der Waals surface area contributed by atoms with Crippen LogP contribution in [0.5, 0.6) is 0 Å². The molecule has 1 saturated heterocycles. The van der Waals surface area contributed by atoms with Crippen molar-refractivity contribution in [3.8, 4) is 0 Å². The second-order valence-corrected chi connectivity index (χ2v) is 6.89. The molecule has 1 amide bonds. The van der Waals surface area contributed by atoms with Crippen LogP contribution < -0.4 is 10.2 Å². The van der Waals surface area contributed by atoms with Crippen LogP contribution in [0, 0.1) is 5.82 Å². The molecule has 0 atom stereocenters. The van der Waals surface area contributed by atoms with Crippen LogP contribution in [0.2, 0.25) is 5.02 Å². The van der Waals surface area contributed by atoms with E-state index in [2.05, 4.69) is 5.32 Å². The van der Waals surface area contributed by atoms with Crippen molar-refractivity contribution in [2.75, 3.05) is 18.0 Å². The van der Waals surface area contributed by atoms with Crippen LogP contribution in [-0.2, 0) is 4.74 Å². The quantitative estimate of drug-likeness (QED) is 0.893. The minimum atomic E-state index is -0.508. The Morgan fingerprint density at radius 3 is 2.55 bits per heavy atom. The summed E-state index contributed by atoms with van der Waals surface area (Å²) >= 11 is 6.08. The standard InChI is InChI=1S/C16H22ClFN2O2/c1-16(2,3)22-15(21)19-11-7-9-20(10-8-11)14-12(17)5-4-6-13(14)18/h4-6,11H,7-10H2,1-3H3,(H,19,21). The number of carbonyl (C=O) groups excluding carboxylic acids is 1. The smallest absolute Gasteiger partial charge is 0.407 e. The van der Waals surface area contributed by atoms with Gasteiger partial charge in [-0.25, -0.2) is 9.18 Å². The number of rotatable bonds is 2. The number of carbonyl (C=O) groups is 1. The number of ether oxygens (including phenoxy) is 1. The first-order valence-corrected chi connectivity index (χ1v) is 7.82. The second-order valence-electron chi connectivity index (χ2n) is 6.48. The summed E-state index contributed by atoms with van der Waals surface area (Å²) in [5.41, 5.74) is -0.0641. The number of piperidine rings is 1. The van der Waals surface area contributed by atoms with Crippen molar-refractivity contribution in [1.82, 2.24) is 5.32 Å². The first-order valence-electron chi connectivity index (χ1n) is 7.45. The molecule has 22 heavy (non-hydrogen) atoms. The molecule has 0 bridgehead atoms. The van der Waals surface area contributed by atoms with Crippen LogP contribution in [0.1, 0.15) is 33.6 Å². The maximum absolute atomic E-state index is 13.9. The number of halogens is 2. The second kappa shape index (κ2) is 6.73. The number of anilines is 1. The molecule has 1 fully saturated rings. The van der Waals surface area contributed by atoms with Crippen LogP contribution in [-0.4, -0.2) is 30.8 Å². The highest BCUT2D eigenvalue weighted by Crippen LogP contribution is 2.30. The van der Waals surface area contributed by atoms with E-state index in [0.717, 1.165) is 12.8 Å². The molecular formula is C16H22ClFN2O2. The van der Waals surface area contributed by atoms with Crippen LogP contribution in [0.4, 0.5) is 14.9 Å². The Balaban J connectivity index is 1.90. The molecule has 2 rings (SSSR count). The van der Waals surface area contributed by atoms with Gasteiger partial charge in [0.15, 0.2) is 0 Å². The third-order valence-electron chi connectivity index (χ3n) is 3.47. The van der Waals surface area contributed by atoms with Gasteiger partial charge in [0.2, 0.25) is 0 Å². The molecule has 122 valence electrons. The summed E-state index contributed by atoms with van der Waals surface area (Å²) in [6.45, 7) is 6.77. The topological polar surface area (TPSA) is 41.6 Å². The number of benzene rings is 1. The molecule has 0 radical (unpaired) electrons. The minimum Gasteiger partial charge on any atom is -0.444 e. The summed E-state index contributed by atoms with van der Waals surface area (Å²) in [5.74, 6) is -0.314. The molecular weight excluding hydrogens is 307 g/mol. The average Bonchev–Trinajstić information content (AvgIpc) is 2.38. The predicted octanol–water partition coefficient (Wildman–Crippen LogP) is 3.97. The number of para-hydroxylation sites is 1. The summed E-state index contributed by atoms with van der Waals surface area (Å²) in [4.78, 5) is 13.7. The lowest BCUT2D eigenvalue weighted by molar-refractivity contribution is 0.0497. The highest BCUT2D eigenvalue weighted by atomic mass is 35.5. The van der Waals surface area contributed by atoms with Gasteiger partial charge in [-0.2, -0.15) is 0 Å². The van der Waals surface area contributed by atoms with Crippen molar-refractivity contribution in [3.63, 3.8) is 0 Å². The van der Waals surface area contributed by atoms with Crippen LogP contribution in [0.15, 0.2) is 18.2 Å². The zero-order valence-corrected chi connectivity index (χ0v) is 13.9. The summed E-state index contributed by atoms with van der Waals surface area (Å²) in [5, 5.41) is 3.28. The Morgan fingerprint density at radius 1 is 1.36 bits per heavy atom. The van der Waals surface area contributed by atoms with Crippen molar-refractivity contribution in [2.45, 2.75) is 45.3 Å². The van der Waals surface area contributed by atoms with E-state index >= 15 is 0 Å². The Labute approximate surface area is 135 Å². The highest BCUT2D eigenvalue weighted by molar-refractivity contribution is 6.33. The van der Waals surface area contributed by atoms with Crippen LogP contribution >= 0.6 is 11.6 Å². The van der Waals surface area contributed by atoms with Crippen molar-refractivity contribution < 1.29 is 13.9 Å². The van der Waals surface area contributed by atoms with E-state index < -0.39 is 11.7 Å². The Bertz CT molecular complexity index is 517. The highest BCUT2D eigenvalue weighted by Gasteiger charge is 2.25. The van der Waals surface area contributed by atoms with Crippen molar-refractivity contribution in [1.29, 1.82) is 0 Å². The molecule has 0 aromatic heterocycles. The van der Waals surface area contributed by atoms with Gasteiger partial charge in [-0.15, -0.1) is 0 Å². The maximum atomic E-state index is 13.9. The summed E-state index contributed by atoms with van der Waals surface area (Å²) in [6.07, 6.45) is 1.04. The molecule has 1 heterocycles. The minimum absolute atomic E-state index is 0.0386. The summed E-state index contributed by atoms with van der Waals surface area (Å²) < 4.78 is 19.2. The molecule has 1 N–H and O–H groups in total.